The fourth-order valence-electron chi connectivity index (χ4n) is 1.84. The number of carbonyl (C=O) groups is 1. The van der Waals surface area contributed by atoms with Crippen molar-refractivity contribution < 1.29 is 22.4 Å². The number of nitrogens with two attached hydrogens (primary N) is 1. The minimum absolute atomic E-state index is 0.0477. The van der Waals surface area contributed by atoms with Gasteiger partial charge in [0, 0.05) is 0 Å². The van der Waals surface area contributed by atoms with Crippen molar-refractivity contribution in [1.29, 1.82) is 0 Å². The van der Waals surface area contributed by atoms with Crippen molar-refractivity contribution in [2.45, 2.75) is 32.4 Å². The number of nitrogen functional groups attached to an aromatic ring is 1. The molecule has 3 N–H and O–H groups in total. The average molecular weight is 292 g/mol. The van der Waals surface area contributed by atoms with Crippen LogP contribution in [0.1, 0.15) is 30.9 Å². The molecule has 1 aromatic rings. The van der Waals surface area contributed by atoms with E-state index in [0.29, 0.717) is 17.5 Å². The highest BCUT2D eigenvalue weighted by atomic mass is 19.4. The molecule has 0 spiro atoms. The predicted octanol–water partition coefficient (Wildman–Crippen LogP) is 2.75. The lowest BCUT2D eigenvalue weighted by Crippen LogP contribution is -2.36. The normalized spacial score (nSPS) is 13.1. The molecule has 1 atom stereocenters. The lowest BCUT2D eigenvalue weighted by molar-refractivity contribution is -0.139. The van der Waals surface area contributed by atoms with Crippen LogP contribution in [-0.4, -0.2) is 18.6 Å². The van der Waals surface area contributed by atoms with Crippen molar-refractivity contribution >= 4 is 11.6 Å². The Kier molecular flexibility index (Phi) is 4.97. The minimum Gasteiger partial charge on any atom is -0.396 e. The van der Waals surface area contributed by atoms with Crippen LogP contribution in [0.4, 0.5) is 23.2 Å². The zero-order valence-electron chi connectivity index (χ0n) is 11.1. The third kappa shape index (κ3) is 4.11. The summed E-state index contributed by atoms with van der Waals surface area (Å²) < 4.78 is 49.6. The number of rotatable bonds is 4. The molecule has 1 rings (SSSR count). The van der Waals surface area contributed by atoms with Crippen LogP contribution in [0.2, 0.25) is 0 Å². The van der Waals surface area contributed by atoms with Crippen LogP contribution >= 0.6 is 0 Å². The first-order valence-electron chi connectivity index (χ1n) is 6.08. The van der Waals surface area contributed by atoms with Crippen LogP contribution in [0.15, 0.2) is 12.1 Å². The van der Waals surface area contributed by atoms with Gasteiger partial charge in [-0.05, 0) is 36.6 Å². The molecule has 0 saturated carbocycles. The van der Waals surface area contributed by atoms with Crippen LogP contribution in [0.25, 0.3) is 0 Å². The van der Waals surface area contributed by atoms with Gasteiger partial charge in [-0.15, -0.1) is 0 Å². The second-order valence-corrected chi connectivity index (χ2v) is 4.48. The highest BCUT2D eigenvalue weighted by Crippen LogP contribution is 2.26. The summed E-state index contributed by atoms with van der Waals surface area (Å²) in [5.41, 5.74) is 6.37. The minimum atomic E-state index is -4.48. The highest BCUT2D eigenvalue weighted by molar-refractivity contribution is 5.83. The zero-order valence-corrected chi connectivity index (χ0v) is 11.1. The van der Waals surface area contributed by atoms with Crippen molar-refractivity contribution in [3.05, 3.63) is 29.1 Å². The largest absolute Gasteiger partial charge is 0.405 e. The maximum Gasteiger partial charge on any atom is 0.405 e. The second-order valence-electron chi connectivity index (χ2n) is 4.48. The molecule has 0 unspecified atom stereocenters. The number of halogens is 4. The maximum absolute atomic E-state index is 13.5. The predicted molar refractivity (Wildman–Crippen MR) is 67.7 cm³/mol. The van der Waals surface area contributed by atoms with Crippen LogP contribution < -0.4 is 11.1 Å². The van der Waals surface area contributed by atoms with Crippen LogP contribution in [0.3, 0.4) is 0 Å². The summed E-state index contributed by atoms with van der Waals surface area (Å²) in [6.45, 7) is 1.81. The van der Waals surface area contributed by atoms with Gasteiger partial charge in [0.15, 0.2) is 0 Å². The highest BCUT2D eigenvalue weighted by Gasteiger charge is 2.29. The molecule has 1 amide bonds. The van der Waals surface area contributed by atoms with Crippen LogP contribution in [-0.2, 0) is 11.2 Å². The van der Waals surface area contributed by atoms with E-state index in [1.807, 2.05) is 0 Å². The summed E-state index contributed by atoms with van der Waals surface area (Å²) in [5.74, 6) is -2.38. The summed E-state index contributed by atoms with van der Waals surface area (Å²) in [4.78, 5) is 11.7. The summed E-state index contributed by atoms with van der Waals surface area (Å²) in [7, 11) is 0. The van der Waals surface area contributed by atoms with Gasteiger partial charge < -0.3 is 11.1 Å². The SMILES string of the molecule is CCc1cc(N)c(F)cc1[C@@H](C)C(=O)NCC(F)(F)F. The van der Waals surface area contributed by atoms with E-state index in [4.69, 9.17) is 5.73 Å². The fourth-order valence-corrected chi connectivity index (χ4v) is 1.84. The van der Waals surface area contributed by atoms with Gasteiger partial charge in [-0.2, -0.15) is 13.2 Å². The first kappa shape index (κ1) is 16.3. The topological polar surface area (TPSA) is 55.1 Å². The number of nitrogens with one attached hydrogen (secondary N) is 1. The standard InChI is InChI=1S/C13H16F4N2O/c1-3-8-4-11(18)10(14)5-9(8)7(2)12(20)19-6-13(15,16)17/h4-5,7H,3,6,18H2,1-2H3,(H,19,20)/t7-/m1/s1. The fraction of sp³-hybridized carbons (Fsp3) is 0.462. The van der Waals surface area contributed by atoms with Gasteiger partial charge in [0.05, 0.1) is 11.6 Å². The van der Waals surface area contributed by atoms with E-state index in [1.165, 1.54) is 13.0 Å². The lowest BCUT2D eigenvalue weighted by atomic mass is 9.93. The molecular formula is C13H16F4N2O. The number of carbonyl (C=O) groups excluding carboxylic acids is 1. The monoisotopic (exact) mass is 292 g/mol. The third-order valence-corrected chi connectivity index (χ3v) is 2.96. The van der Waals surface area contributed by atoms with Gasteiger partial charge in [-0.1, -0.05) is 6.92 Å². The molecule has 0 aliphatic heterocycles. The Labute approximate surface area is 114 Å². The van der Waals surface area contributed by atoms with Gasteiger partial charge in [-0.3, -0.25) is 4.79 Å². The molecule has 20 heavy (non-hydrogen) atoms. The first-order chi connectivity index (χ1) is 9.15. The Hall–Kier alpha value is -1.79. The zero-order chi connectivity index (χ0) is 15.5. The summed E-state index contributed by atoms with van der Waals surface area (Å²) in [6, 6.07) is 2.50. The molecule has 0 radical (unpaired) electrons. The molecule has 0 heterocycles. The Bertz CT molecular complexity index is 500. The Balaban J connectivity index is 2.94. The molecule has 1 aromatic carbocycles. The van der Waals surface area contributed by atoms with Crippen molar-refractivity contribution in [2.24, 2.45) is 0 Å². The van der Waals surface area contributed by atoms with Gasteiger partial charge in [0.1, 0.15) is 12.4 Å². The van der Waals surface area contributed by atoms with E-state index in [-0.39, 0.29) is 5.69 Å². The van der Waals surface area contributed by atoms with E-state index in [0.717, 1.165) is 6.07 Å². The smallest absolute Gasteiger partial charge is 0.396 e. The van der Waals surface area contributed by atoms with Gasteiger partial charge in [0.2, 0.25) is 5.91 Å². The van der Waals surface area contributed by atoms with Crippen molar-refractivity contribution in [1.82, 2.24) is 5.32 Å². The number of alkyl halides is 3. The van der Waals surface area contributed by atoms with Crippen LogP contribution in [0.5, 0.6) is 0 Å². The van der Waals surface area contributed by atoms with E-state index in [1.54, 1.807) is 12.2 Å². The maximum atomic E-state index is 13.5. The third-order valence-electron chi connectivity index (χ3n) is 2.96. The molecule has 7 heteroatoms. The van der Waals surface area contributed by atoms with Crippen molar-refractivity contribution in [3.8, 4) is 0 Å². The van der Waals surface area contributed by atoms with E-state index < -0.39 is 30.4 Å². The lowest BCUT2D eigenvalue weighted by Gasteiger charge is -2.17. The van der Waals surface area contributed by atoms with Crippen molar-refractivity contribution in [2.75, 3.05) is 12.3 Å². The molecule has 0 aliphatic carbocycles. The first-order valence-corrected chi connectivity index (χ1v) is 6.08. The second kappa shape index (κ2) is 6.11. The Morgan fingerprint density at radius 1 is 1.40 bits per heavy atom. The number of amides is 1. The number of hydrogen-bond donors (Lipinski definition) is 2. The number of aryl methyl sites for hydroxylation is 1. The Morgan fingerprint density at radius 3 is 2.50 bits per heavy atom. The summed E-state index contributed by atoms with van der Waals surface area (Å²) in [6.07, 6.45) is -3.98. The molecule has 0 aromatic heterocycles. The van der Waals surface area contributed by atoms with E-state index in [9.17, 15) is 22.4 Å². The van der Waals surface area contributed by atoms with E-state index >= 15 is 0 Å². The van der Waals surface area contributed by atoms with Gasteiger partial charge in [0.25, 0.3) is 0 Å². The summed E-state index contributed by atoms with van der Waals surface area (Å²) >= 11 is 0. The van der Waals surface area contributed by atoms with Gasteiger partial charge >= 0.3 is 6.18 Å². The number of anilines is 1. The van der Waals surface area contributed by atoms with Crippen molar-refractivity contribution in [3.63, 3.8) is 0 Å². The summed E-state index contributed by atoms with van der Waals surface area (Å²) in [5, 5.41) is 1.79. The number of benzene rings is 1. The average Bonchev–Trinajstić information content (AvgIpc) is 2.36. The molecule has 3 nitrogen and oxygen atoms in total. The molecule has 0 bridgehead atoms. The Morgan fingerprint density at radius 2 is 2.00 bits per heavy atom. The number of hydrogen-bond acceptors (Lipinski definition) is 2. The molecule has 0 fully saturated rings. The van der Waals surface area contributed by atoms with Gasteiger partial charge in [-0.25, -0.2) is 4.39 Å². The molecule has 0 saturated heterocycles. The molecule has 0 aliphatic rings. The van der Waals surface area contributed by atoms with E-state index in [2.05, 4.69) is 0 Å². The quantitative estimate of drug-likeness (QED) is 0.662. The van der Waals surface area contributed by atoms with Crippen LogP contribution in [0, 0.1) is 5.82 Å². The molecular weight excluding hydrogens is 276 g/mol. The molecule has 112 valence electrons.